The Kier molecular flexibility index (Phi) is 4.66. The Hall–Kier alpha value is -1.47. The zero-order valence-corrected chi connectivity index (χ0v) is 11.6. The van der Waals surface area contributed by atoms with Gasteiger partial charge < -0.3 is 10.6 Å². The van der Waals surface area contributed by atoms with Crippen molar-refractivity contribution in [3.8, 4) is 0 Å². The second-order valence-corrected chi connectivity index (χ2v) is 5.34. The Morgan fingerprint density at radius 3 is 3.06 bits per heavy atom. The largest absolute Gasteiger partial charge is 0.360 e. The van der Waals surface area contributed by atoms with Crippen LogP contribution in [0.2, 0.25) is 0 Å². The fourth-order valence-electron chi connectivity index (χ4n) is 1.37. The van der Waals surface area contributed by atoms with Crippen LogP contribution in [0.3, 0.4) is 0 Å². The molecule has 2 N–H and O–H groups in total. The lowest BCUT2D eigenvalue weighted by molar-refractivity contribution is 0.0953. The Labute approximate surface area is 113 Å². The molecule has 7 heteroatoms. The summed E-state index contributed by atoms with van der Waals surface area (Å²) < 4.78 is 0. The summed E-state index contributed by atoms with van der Waals surface area (Å²) in [7, 11) is 0. The summed E-state index contributed by atoms with van der Waals surface area (Å²) in [5.41, 5.74) is 1.24. The quantitative estimate of drug-likeness (QED) is 0.850. The average Bonchev–Trinajstić information content (AvgIpc) is 3.00. The highest BCUT2D eigenvalue weighted by Gasteiger charge is 2.11. The van der Waals surface area contributed by atoms with Gasteiger partial charge in [0.2, 0.25) is 10.1 Å². The third kappa shape index (κ3) is 3.51. The van der Waals surface area contributed by atoms with E-state index in [9.17, 15) is 4.79 Å². The maximum absolute atomic E-state index is 11.8. The van der Waals surface area contributed by atoms with Crippen molar-refractivity contribution in [1.82, 2.24) is 15.5 Å². The minimum absolute atomic E-state index is 0.160. The van der Waals surface area contributed by atoms with Crippen molar-refractivity contribution in [3.63, 3.8) is 0 Å². The SMILES string of the molecule is CCNc1nnc(C(=O)NCCc2ccsc2)s1. The number of carbonyl (C=O) groups is 1. The van der Waals surface area contributed by atoms with E-state index in [1.807, 2.05) is 12.3 Å². The summed E-state index contributed by atoms with van der Waals surface area (Å²) in [6, 6.07) is 2.06. The Balaban J connectivity index is 1.80. The maximum atomic E-state index is 11.8. The van der Waals surface area contributed by atoms with E-state index in [2.05, 4.69) is 32.3 Å². The number of carbonyl (C=O) groups excluding carboxylic acids is 1. The van der Waals surface area contributed by atoms with E-state index in [4.69, 9.17) is 0 Å². The van der Waals surface area contributed by atoms with E-state index >= 15 is 0 Å². The van der Waals surface area contributed by atoms with Crippen LogP contribution in [-0.4, -0.2) is 29.2 Å². The molecule has 0 saturated carbocycles. The number of nitrogens with one attached hydrogen (secondary N) is 2. The molecular formula is C11H14N4OS2. The van der Waals surface area contributed by atoms with Gasteiger partial charge in [-0.25, -0.2) is 0 Å². The van der Waals surface area contributed by atoms with Crippen LogP contribution in [0.15, 0.2) is 16.8 Å². The lowest BCUT2D eigenvalue weighted by atomic mass is 10.2. The van der Waals surface area contributed by atoms with Crippen LogP contribution in [0.4, 0.5) is 5.13 Å². The number of hydrogen-bond acceptors (Lipinski definition) is 6. The first-order valence-electron chi connectivity index (χ1n) is 5.66. The molecule has 0 aliphatic rings. The van der Waals surface area contributed by atoms with Gasteiger partial charge in [0.1, 0.15) is 0 Å². The smallest absolute Gasteiger partial charge is 0.282 e. The van der Waals surface area contributed by atoms with Crippen molar-refractivity contribution in [2.45, 2.75) is 13.3 Å². The minimum Gasteiger partial charge on any atom is -0.360 e. The van der Waals surface area contributed by atoms with E-state index in [1.165, 1.54) is 16.9 Å². The summed E-state index contributed by atoms with van der Waals surface area (Å²) in [4.78, 5) is 11.8. The number of aromatic nitrogens is 2. The fraction of sp³-hybridized carbons (Fsp3) is 0.364. The highest BCUT2D eigenvalue weighted by molar-refractivity contribution is 7.17. The molecule has 0 fully saturated rings. The van der Waals surface area contributed by atoms with Crippen LogP contribution in [0.1, 0.15) is 22.3 Å². The summed E-state index contributed by atoms with van der Waals surface area (Å²) in [5.74, 6) is -0.160. The van der Waals surface area contributed by atoms with Gasteiger partial charge in [-0.15, -0.1) is 10.2 Å². The van der Waals surface area contributed by atoms with Crippen LogP contribution in [-0.2, 0) is 6.42 Å². The van der Waals surface area contributed by atoms with Gasteiger partial charge in [-0.3, -0.25) is 4.79 Å². The molecule has 96 valence electrons. The van der Waals surface area contributed by atoms with E-state index in [1.54, 1.807) is 11.3 Å². The van der Waals surface area contributed by atoms with E-state index in [-0.39, 0.29) is 5.91 Å². The second kappa shape index (κ2) is 6.46. The average molecular weight is 282 g/mol. The summed E-state index contributed by atoms with van der Waals surface area (Å²) in [6.45, 7) is 3.36. The summed E-state index contributed by atoms with van der Waals surface area (Å²) in [5, 5.41) is 18.8. The summed E-state index contributed by atoms with van der Waals surface area (Å²) >= 11 is 2.93. The Morgan fingerprint density at radius 1 is 1.44 bits per heavy atom. The first-order chi connectivity index (χ1) is 8.79. The molecule has 2 aromatic heterocycles. The highest BCUT2D eigenvalue weighted by Crippen LogP contribution is 2.14. The molecule has 1 amide bonds. The van der Waals surface area contributed by atoms with Gasteiger partial charge in [0.25, 0.3) is 5.91 Å². The Morgan fingerprint density at radius 2 is 2.33 bits per heavy atom. The van der Waals surface area contributed by atoms with Crippen LogP contribution >= 0.6 is 22.7 Å². The van der Waals surface area contributed by atoms with Gasteiger partial charge in [0, 0.05) is 13.1 Å². The number of anilines is 1. The van der Waals surface area contributed by atoms with Crippen LogP contribution in [0.5, 0.6) is 0 Å². The molecule has 0 atom stereocenters. The first-order valence-corrected chi connectivity index (χ1v) is 7.42. The van der Waals surface area contributed by atoms with Crippen molar-refractivity contribution >= 4 is 33.7 Å². The third-order valence-electron chi connectivity index (χ3n) is 2.23. The van der Waals surface area contributed by atoms with Crippen molar-refractivity contribution in [3.05, 3.63) is 27.4 Å². The molecule has 2 aromatic rings. The Bertz CT molecular complexity index is 495. The van der Waals surface area contributed by atoms with Crippen LogP contribution in [0.25, 0.3) is 0 Å². The van der Waals surface area contributed by atoms with Gasteiger partial charge in [-0.2, -0.15) is 11.3 Å². The molecule has 2 heterocycles. The molecule has 0 spiro atoms. The molecule has 0 saturated heterocycles. The number of rotatable bonds is 6. The van der Waals surface area contributed by atoms with Gasteiger partial charge in [-0.05, 0) is 35.7 Å². The van der Waals surface area contributed by atoms with Crippen LogP contribution < -0.4 is 10.6 Å². The maximum Gasteiger partial charge on any atom is 0.282 e. The van der Waals surface area contributed by atoms with Crippen molar-refractivity contribution < 1.29 is 4.79 Å². The van der Waals surface area contributed by atoms with Crippen molar-refractivity contribution in [1.29, 1.82) is 0 Å². The number of amides is 1. The number of thiophene rings is 1. The van der Waals surface area contributed by atoms with E-state index in [0.717, 1.165) is 13.0 Å². The molecule has 0 unspecified atom stereocenters. The normalized spacial score (nSPS) is 10.3. The predicted molar refractivity (Wildman–Crippen MR) is 74.4 cm³/mol. The second-order valence-electron chi connectivity index (χ2n) is 3.58. The van der Waals surface area contributed by atoms with Gasteiger partial charge in [0.15, 0.2) is 0 Å². The highest BCUT2D eigenvalue weighted by atomic mass is 32.1. The van der Waals surface area contributed by atoms with Gasteiger partial charge >= 0.3 is 0 Å². The monoisotopic (exact) mass is 282 g/mol. The summed E-state index contributed by atoms with van der Waals surface area (Å²) in [6.07, 6.45) is 0.841. The molecule has 2 rings (SSSR count). The van der Waals surface area contributed by atoms with Gasteiger partial charge in [-0.1, -0.05) is 11.3 Å². The fourth-order valence-corrected chi connectivity index (χ4v) is 2.80. The topological polar surface area (TPSA) is 66.9 Å². The molecule has 0 aromatic carbocycles. The molecule has 0 radical (unpaired) electrons. The minimum atomic E-state index is -0.160. The number of nitrogens with zero attached hydrogens (tertiary/aromatic N) is 2. The van der Waals surface area contributed by atoms with Crippen LogP contribution in [0, 0.1) is 0 Å². The standard InChI is InChI=1S/C11H14N4OS2/c1-2-12-11-15-14-10(18-11)9(16)13-5-3-8-4-6-17-7-8/h4,6-7H,2-3,5H2,1H3,(H,12,15)(H,13,16). The van der Waals surface area contributed by atoms with Crippen molar-refractivity contribution in [2.75, 3.05) is 18.4 Å². The molecule has 0 aliphatic heterocycles. The van der Waals surface area contributed by atoms with E-state index in [0.29, 0.717) is 16.7 Å². The molecular weight excluding hydrogens is 268 g/mol. The molecule has 5 nitrogen and oxygen atoms in total. The lowest BCUT2D eigenvalue weighted by Gasteiger charge is -2.00. The molecule has 0 bridgehead atoms. The number of hydrogen-bond donors (Lipinski definition) is 2. The zero-order valence-electron chi connectivity index (χ0n) is 9.97. The van der Waals surface area contributed by atoms with Crippen molar-refractivity contribution in [2.24, 2.45) is 0 Å². The van der Waals surface area contributed by atoms with Gasteiger partial charge in [0.05, 0.1) is 0 Å². The first kappa shape index (κ1) is 13.0. The molecule has 18 heavy (non-hydrogen) atoms. The third-order valence-corrected chi connectivity index (χ3v) is 3.84. The zero-order chi connectivity index (χ0) is 12.8. The molecule has 0 aliphatic carbocycles. The van der Waals surface area contributed by atoms with E-state index < -0.39 is 0 Å². The lowest BCUT2D eigenvalue weighted by Crippen LogP contribution is -2.25. The predicted octanol–water partition coefficient (Wildman–Crippen LogP) is 2.00.